The normalized spacial score (nSPS) is 12.0. The second-order valence-electron chi connectivity index (χ2n) is 5.31. The van der Waals surface area contributed by atoms with Crippen LogP contribution in [0.1, 0.15) is 18.1 Å². The number of hydrogen-bond acceptors (Lipinski definition) is 3. The van der Waals surface area contributed by atoms with Gasteiger partial charge in [0, 0.05) is 12.6 Å². The molecule has 0 radical (unpaired) electrons. The number of rotatable bonds is 6. The molecule has 1 unspecified atom stereocenters. The fraction of sp³-hybridized carbons (Fsp3) is 0.158. The standard InChI is InChI=1S/C19H17F2NO3/c1-13(19(24)22-12-15-5-8-16(20)9-6-15)25-18(23)10-7-14-3-2-4-17(21)11-14/h2-11,13H,12H2,1H3,(H,22,24)/b10-7+. The van der Waals surface area contributed by atoms with Crippen molar-refractivity contribution in [3.63, 3.8) is 0 Å². The van der Waals surface area contributed by atoms with Crippen LogP contribution in [0.4, 0.5) is 8.78 Å². The van der Waals surface area contributed by atoms with Crippen LogP contribution in [-0.4, -0.2) is 18.0 Å². The molecule has 2 aromatic rings. The van der Waals surface area contributed by atoms with Gasteiger partial charge in [0.1, 0.15) is 11.6 Å². The smallest absolute Gasteiger partial charge is 0.331 e. The minimum absolute atomic E-state index is 0.195. The minimum atomic E-state index is -0.995. The summed E-state index contributed by atoms with van der Waals surface area (Å²) in [5, 5.41) is 2.59. The van der Waals surface area contributed by atoms with E-state index in [0.717, 1.165) is 11.6 Å². The van der Waals surface area contributed by atoms with Crippen LogP contribution < -0.4 is 5.32 Å². The highest BCUT2D eigenvalue weighted by Gasteiger charge is 2.16. The molecule has 0 fully saturated rings. The maximum absolute atomic E-state index is 13.0. The van der Waals surface area contributed by atoms with Crippen molar-refractivity contribution in [2.45, 2.75) is 19.6 Å². The van der Waals surface area contributed by atoms with E-state index in [1.165, 1.54) is 43.3 Å². The Hall–Kier alpha value is -3.02. The molecular formula is C19H17F2NO3. The average Bonchev–Trinajstić information content (AvgIpc) is 2.59. The Kier molecular flexibility index (Phi) is 6.39. The zero-order chi connectivity index (χ0) is 18.2. The summed E-state index contributed by atoms with van der Waals surface area (Å²) in [6.45, 7) is 1.63. The molecule has 2 aromatic carbocycles. The van der Waals surface area contributed by atoms with E-state index >= 15 is 0 Å². The molecule has 0 aliphatic carbocycles. The molecule has 130 valence electrons. The van der Waals surface area contributed by atoms with E-state index in [-0.39, 0.29) is 12.4 Å². The van der Waals surface area contributed by atoms with Gasteiger partial charge in [0.2, 0.25) is 0 Å². The zero-order valence-electron chi connectivity index (χ0n) is 13.5. The zero-order valence-corrected chi connectivity index (χ0v) is 13.5. The lowest BCUT2D eigenvalue weighted by Gasteiger charge is -2.12. The molecule has 6 heteroatoms. The second kappa shape index (κ2) is 8.73. The molecule has 1 N–H and O–H groups in total. The maximum atomic E-state index is 13.0. The number of carbonyl (C=O) groups is 2. The van der Waals surface area contributed by atoms with Gasteiger partial charge < -0.3 is 10.1 Å². The molecule has 0 saturated heterocycles. The summed E-state index contributed by atoms with van der Waals surface area (Å²) in [5.74, 6) is -1.96. The molecule has 0 aliphatic rings. The predicted molar refractivity (Wildman–Crippen MR) is 89.2 cm³/mol. The van der Waals surface area contributed by atoms with Gasteiger partial charge in [-0.15, -0.1) is 0 Å². The summed E-state index contributed by atoms with van der Waals surface area (Å²) in [6.07, 6.45) is 1.53. The highest BCUT2D eigenvalue weighted by atomic mass is 19.1. The van der Waals surface area contributed by atoms with Crippen molar-refractivity contribution in [3.8, 4) is 0 Å². The molecule has 1 atom stereocenters. The summed E-state index contributed by atoms with van der Waals surface area (Å²) in [7, 11) is 0. The van der Waals surface area contributed by atoms with Crippen molar-refractivity contribution in [1.82, 2.24) is 5.32 Å². The van der Waals surface area contributed by atoms with E-state index in [2.05, 4.69) is 5.32 Å². The van der Waals surface area contributed by atoms with Gasteiger partial charge in [-0.2, -0.15) is 0 Å². The highest BCUT2D eigenvalue weighted by molar-refractivity contribution is 5.90. The minimum Gasteiger partial charge on any atom is -0.449 e. The average molecular weight is 345 g/mol. The van der Waals surface area contributed by atoms with E-state index in [4.69, 9.17) is 4.74 Å². The van der Waals surface area contributed by atoms with Crippen molar-refractivity contribution < 1.29 is 23.1 Å². The first-order valence-corrected chi connectivity index (χ1v) is 7.60. The van der Waals surface area contributed by atoms with Crippen LogP contribution in [-0.2, 0) is 20.9 Å². The monoisotopic (exact) mass is 345 g/mol. The number of esters is 1. The molecular weight excluding hydrogens is 328 g/mol. The Bertz CT molecular complexity index is 772. The van der Waals surface area contributed by atoms with Gasteiger partial charge in [0.25, 0.3) is 5.91 Å². The molecule has 4 nitrogen and oxygen atoms in total. The Morgan fingerprint density at radius 2 is 1.84 bits per heavy atom. The first kappa shape index (κ1) is 18.3. The third-order valence-corrected chi connectivity index (χ3v) is 3.30. The van der Waals surface area contributed by atoms with Crippen molar-refractivity contribution >= 4 is 18.0 Å². The lowest BCUT2D eigenvalue weighted by atomic mass is 10.2. The van der Waals surface area contributed by atoms with Crippen LogP contribution in [0.25, 0.3) is 6.08 Å². The number of hydrogen-bond donors (Lipinski definition) is 1. The quantitative estimate of drug-likeness (QED) is 0.646. The number of amides is 1. The Morgan fingerprint density at radius 3 is 2.52 bits per heavy atom. The molecule has 0 aromatic heterocycles. The number of benzene rings is 2. The SMILES string of the molecule is CC(OC(=O)/C=C/c1cccc(F)c1)C(=O)NCc1ccc(F)cc1. The molecule has 2 rings (SSSR count). The number of nitrogens with one attached hydrogen (secondary N) is 1. The lowest BCUT2D eigenvalue weighted by Crippen LogP contribution is -2.35. The molecule has 0 spiro atoms. The third-order valence-electron chi connectivity index (χ3n) is 3.30. The molecule has 25 heavy (non-hydrogen) atoms. The number of carbonyl (C=O) groups excluding carboxylic acids is 2. The van der Waals surface area contributed by atoms with Gasteiger partial charge in [-0.05, 0) is 48.4 Å². The first-order valence-electron chi connectivity index (χ1n) is 7.60. The molecule has 0 saturated carbocycles. The fourth-order valence-corrected chi connectivity index (χ4v) is 1.98. The first-order chi connectivity index (χ1) is 11.9. The van der Waals surface area contributed by atoms with Crippen molar-refractivity contribution in [1.29, 1.82) is 0 Å². The molecule has 0 heterocycles. The van der Waals surface area contributed by atoms with E-state index in [1.54, 1.807) is 18.2 Å². The van der Waals surface area contributed by atoms with Crippen molar-refractivity contribution in [2.75, 3.05) is 0 Å². The summed E-state index contributed by atoms with van der Waals surface area (Å²) in [4.78, 5) is 23.6. The van der Waals surface area contributed by atoms with Gasteiger partial charge in [0.15, 0.2) is 6.10 Å². The van der Waals surface area contributed by atoms with Crippen LogP contribution in [0.15, 0.2) is 54.6 Å². The van der Waals surface area contributed by atoms with Gasteiger partial charge >= 0.3 is 5.97 Å². The molecule has 0 bridgehead atoms. The summed E-state index contributed by atoms with van der Waals surface area (Å²) < 4.78 is 30.8. The van der Waals surface area contributed by atoms with Gasteiger partial charge in [-0.25, -0.2) is 13.6 Å². The van der Waals surface area contributed by atoms with E-state index < -0.39 is 23.8 Å². The van der Waals surface area contributed by atoms with E-state index in [9.17, 15) is 18.4 Å². The van der Waals surface area contributed by atoms with Crippen LogP contribution >= 0.6 is 0 Å². The number of halogens is 2. The topological polar surface area (TPSA) is 55.4 Å². The van der Waals surface area contributed by atoms with Gasteiger partial charge in [-0.3, -0.25) is 4.79 Å². The predicted octanol–water partition coefficient (Wildman–Crippen LogP) is 3.23. The Labute approximate surface area is 144 Å². The van der Waals surface area contributed by atoms with Gasteiger partial charge in [-0.1, -0.05) is 24.3 Å². The maximum Gasteiger partial charge on any atom is 0.331 e. The van der Waals surface area contributed by atoms with Crippen molar-refractivity contribution in [2.24, 2.45) is 0 Å². The molecule has 1 amide bonds. The van der Waals surface area contributed by atoms with E-state index in [0.29, 0.717) is 5.56 Å². The van der Waals surface area contributed by atoms with Crippen LogP contribution in [0.5, 0.6) is 0 Å². The number of ether oxygens (including phenoxy) is 1. The largest absolute Gasteiger partial charge is 0.449 e. The summed E-state index contributed by atoms with van der Waals surface area (Å²) >= 11 is 0. The van der Waals surface area contributed by atoms with Crippen LogP contribution in [0.2, 0.25) is 0 Å². The summed E-state index contributed by atoms with van der Waals surface area (Å²) in [6, 6.07) is 11.4. The lowest BCUT2D eigenvalue weighted by molar-refractivity contribution is -0.150. The second-order valence-corrected chi connectivity index (χ2v) is 5.31. The third kappa shape index (κ3) is 6.18. The van der Waals surface area contributed by atoms with E-state index in [1.807, 2.05) is 0 Å². The van der Waals surface area contributed by atoms with Crippen molar-refractivity contribution in [3.05, 3.63) is 77.4 Å². The van der Waals surface area contributed by atoms with Crippen LogP contribution in [0.3, 0.4) is 0 Å². The fourth-order valence-electron chi connectivity index (χ4n) is 1.98. The Balaban J connectivity index is 1.81. The Morgan fingerprint density at radius 1 is 1.12 bits per heavy atom. The van der Waals surface area contributed by atoms with Crippen LogP contribution in [0, 0.1) is 11.6 Å². The van der Waals surface area contributed by atoms with Gasteiger partial charge in [0.05, 0.1) is 0 Å². The summed E-state index contributed by atoms with van der Waals surface area (Å²) in [5.41, 5.74) is 1.23. The molecule has 0 aliphatic heterocycles. The highest BCUT2D eigenvalue weighted by Crippen LogP contribution is 2.06.